The summed E-state index contributed by atoms with van der Waals surface area (Å²) in [6.45, 7) is 1.19. The van der Waals surface area contributed by atoms with Crippen LogP contribution in [0.1, 0.15) is 23.2 Å². The van der Waals surface area contributed by atoms with E-state index in [-0.39, 0.29) is 16.1 Å². The van der Waals surface area contributed by atoms with E-state index >= 15 is 0 Å². The standard InChI is InChI=1S/C20H18Cl2F3NO4.CH3F/c1-28-19(27)12-4-6-17(15(21)9-12)29-14-3-2-8-26(11-14)13-5-7-18(16(22)10-13)30-20(23,24)25;1-2/h4-7,9-10,14H,2-3,8,11H2,1H3;1H3/t14-;/m1./s1. The normalized spacial score (nSPS) is 16.0. The minimum Gasteiger partial charge on any atom is -0.487 e. The Morgan fingerprint density at radius 3 is 2.31 bits per heavy atom. The van der Waals surface area contributed by atoms with Crippen LogP contribution in [0, 0.1) is 0 Å². The minimum absolute atomic E-state index is 0.130. The molecule has 1 fully saturated rings. The fourth-order valence-electron chi connectivity index (χ4n) is 3.18. The molecule has 5 nitrogen and oxygen atoms in total. The molecule has 176 valence electrons. The van der Waals surface area contributed by atoms with Crippen LogP contribution >= 0.6 is 23.2 Å². The summed E-state index contributed by atoms with van der Waals surface area (Å²) < 4.78 is 61.3. The number of alkyl halides is 4. The lowest BCUT2D eigenvalue weighted by Gasteiger charge is -2.34. The smallest absolute Gasteiger partial charge is 0.487 e. The number of carbonyl (C=O) groups is 1. The first-order valence-corrected chi connectivity index (χ1v) is 10.1. The summed E-state index contributed by atoms with van der Waals surface area (Å²) in [4.78, 5) is 13.6. The zero-order valence-electron chi connectivity index (χ0n) is 17.2. The molecule has 0 amide bonds. The minimum atomic E-state index is -4.81. The van der Waals surface area contributed by atoms with Gasteiger partial charge in [-0.05, 0) is 49.2 Å². The molecular weight excluding hydrogens is 477 g/mol. The molecule has 32 heavy (non-hydrogen) atoms. The number of anilines is 1. The molecule has 0 spiro atoms. The van der Waals surface area contributed by atoms with Crippen molar-refractivity contribution in [3.05, 3.63) is 52.0 Å². The van der Waals surface area contributed by atoms with Crippen molar-refractivity contribution >= 4 is 34.9 Å². The lowest BCUT2D eigenvalue weighted by Crippen LogP contribution is -2.41. The van der Waals surface area contributed by atoms with Crippen LogP contribution in [-0.4, -0.2) is 45.8 Å². The van der Waals surface area contributed by atoms with Crippen LogP contribution in [0.25, 0.3) is 0 Å². The molecule has 1 saturated heterocycles. The fraction of sp³-hybridized carbons (Fsp3) is 0.381. The monoisotopic (exact) mass is 497 g/mol. The maximum Gasteiger partial charge on any atom is 0.573 e. The van der Waals surface area contributed by atoms with Crippen molar-refractivity contribution in [3.63, 3.8) is 0 Å². The van der Waals surface area contributed by atoms with E-state index in [2.05, 4.69) is 9.47 Å². The number of ether oxygens (including phenoxy) is 3. The number of rotatable bonds is 5. The molecular formula is C21H21Cl2F4NO4. The molecule has 2 aromatic rings. The Balaban J connectivity index is 0.00000176. The zero-order chi connectivity index (χ0) is 23.9. The van der Waals surface area contributed by atoms with Crippen LogP contribution in [-0.2, 0) is 4.74 Å². The molecule has 0 radical (unpaired) electrons. The Kier molecular flexibility index (Phi) is 9.27. The molecule has 1 heterocycles. The van der Waals surface area contributed by atoms with Gasteiger partial charge in [0.2, 0.25) is 0 Å². The third-order valence-electron chi connectivity index (χ3n) is 4.53. The van der Waals surface area contributed by atoms with Crippen LogP contribution < -0.4 is 14.4 Å². The third-order valence-corrected chi connectivity index (χ3v) is 5.12. The van der Waals surface area contributed by atoms with Gasteiger partial charge in [0.25, 0.3) is 0 Å². The largest absolute Gasteiger partial charge is 0.573 e. The quantitative estimate of drug-likeness (QED) is 0.357. The van der Waals surface area contributed by atoms with Crippen molar-refractivity contribution in [2.24, 2.45) is 0 Å². The van der Waals surface area contributed by atoms with Crippen molar-refractivity contribution in [1.82, 2.24) is 0 Å². The number of halogens is 6. The summed E-state index contributed by atoms with van der Waals surface area (Å²) in [6.07, 6.45) is -3.43. The predicted octanol–water partition coefficient (Wildman–Crippen LogP) is 6.31. The first-order chi connectivity index (χ1) is 15.2. The average molecular weight is 498 g/mol. The Bertz CT molecular complexity index is 927. The maximum atomic E-state index is 12.4. The average Bonchev–Trinajstić information content (AvgIpc) is 2.76. The fourth-order valence-corrected chi connectivity index (χ4v) is 3.62. The molecule has 0 N–H and O–H groups in total. The van der Waals surface area contributed by atoms with Gasteiger partial charge >= 0.3 is 12.3 Å². The molecule has 1 aliphatic rings. The van der Waals surface area contributed by atoms with Gasteiger partial charge in [-0.2, -0.15) is 0 Å². The second-order valence-corrected chi connectivity index (χ2v) is 7.44. The summed E-state index contributed by atoms with van der Waals surface area (Å²) in [6, 6.07) is 8.79. The Hall–Kier alpha value is -2.39. The molecule has 0 aromatic heterocycles. The molecule has 0 saturated carbocycles. The second kappa shape index (κ2) is 11.5. The van der Waals surface area contributed by atoms with E-state index in [4.69, 9.17) is 27.9 Å². The second-order valence-electron chi connectivity index (χ2n) is 6.63. The molecule has 0 bridgehead atoms. The Morgan fingerprint density at radius 2 is 1.72 bits per heavy atom. The number of hydrogen-bond donors (Lipinski definition) is 0. The molecule has 1 aliphatic heterocycles. The SMILES string of the molecule is CF.COC(=O)c1ccc(O[C@@H]2CCCN(c3ccc(OC(F)(F)F)c(Cl)c3)C2)c(Cl)c1. The summed E-state index contributed by atoms with van der Waals surface area (Å²) in [5.74, 6) is -0.513. The highest BCUT2D eigenvalue weighted by atomic mass is 35.5. The van der Waals surface area contributed by atoms with Crippen LogP contribution in [0.3, 0.4) is 0 Å². The van der Waals surface area contributed by atoms with Gasteiger partial charge in [0.15, 0.2) is 0 Å². The summed E-state index contributed by atoms with van der Waals surface area (Å²) in [7, 11) is 1.78. The van der Waals surface area contributed by atoms with E-state index in [0.717, 1.165) is 12.8 Å². The highest BCUT2D eigenvalue weighted by Gasteiger charge is 2.32. The number of carbonyl (C=O) groups excluding carboxylic acids is 1. The number of piperidine rings is 1. The predicted molar refractivity (Wildman–Crippen MR) is 114 cm³/mol. The van der Waals surface area contributed by atoms with Crippen molar-refractivity contribution in [3.8, 4) is 11.5 Å². The third kappa shape index (κ3) is 7.06. The Morgan fingerprint density at radius 1 is 1.06 bits per heavy atom. The number of esters is 1. The maximum absolute atomic E-state index is 12.4. The van der Waals surface area contributed by atoms with Gasteiger partial charge in [-0.25, -0.2) is 4.79 Å². The van der Waals surface area contributed by atoms with Crippen LogP contribution in [0.4, 0.5) is 23.2 Å². The molecule has 2 aromatic carbocycles. The number of benzene rings is 2. The van der Waals surface area contributed by atoms with Crippen molar-refractivity contribution in [1.29, 1.82) is 0 Å². The summed E-state index contributed by atoms with van der Waals surface area (Å²) in [5.41, 5.74) is 0.978. The van der Waals surface area contributed by atoms with Crippen molar-refractivity contribution in [2.45, 2.75) is 25.3 Å². The van der Waals surface area contributed by atoms with Gasteiger partial charge in [0.05, 0.1) is 36.4 Å². The van der Waals surface area contributed by atoms with E-state index < -0.39 is 18.1 Å². The number of hydrogen-bond acceptors (Lipinski definition) is 5. The van der Waals surface area contributed by atoms with E-state index in [1.165, 1.54) is 31.4 Å². The number of nitrogens with zero attached hydrogens (tertiary/aromatic N) is 1. The van der Waals surface area contributed by atoms with E-state index in [9.17, 15) is 22.4 Å². The molecule has 1 atom stereocenters. The summed E-state index contributed by atoms with van der Waals surface area (Å²) >= 11 is 12.2. The van der Waals surface area contributed by atoms with Crippen LogP contribution in [0.5, 0.6) is 11.5 Å². The molecule has 11 heteroatoms. The molecule has 3 rings (SSSR count). The number of methoxy groups -OCH3 is 1. The lowest BCUT2D eigenvalue weighted by molar-refractivity contribution is -0.274. The lowest BCUT2D eigenvalue weighted by atomic mass is 10.1. The van der Waals surface area contributed by atoms with Crippen molar-refractivity contribution < 1.29 is 36.6 Å². The highest BCUT2D eigenvalue weighted by molar-refractivity contribution is 6.32. The van der Waals surface area contributed by atoms with Crippen LogP contribution in [0.15, 0.2) is 36.4 Å². The van der Waals surface area contributed by atoms with Gasteiger partial charge < -0.3 is 19.1 Å². The van der Waals surface area contributed by atoms with E-state index in [0.29, 0.717) is 37.3 Å². The van der Waals surface area contributed by atoms with Gasteiger partial charge in [0, 0.05) is 12.2 Å². The summed E-state index contributed by atoms with van der Waals surface area (Å²) in [5, 5.41) is 0.154. The first-order valence-electron chi connectivity index (χ1n) is 9.39. The van der Waals surface area contributed by atoms with Gasteiger partial charge in [-0.3, -0.25) is 4.39 Å². The van der Waals surface area contributed by atoms with Gasteiger partial charge in [0.1, 0.15) is 17.6 Å². The highest BCUT2D eigenvalue weighted by Crippen LogP contribution is 2.35. The van der Waals surface area contributed by atoms with Crippen LogP contribution in [0.2, 0.25) is 10.0 Å². The Labute approximate surface area is 192 Å². The molecule has 0 aliphatic carbocycles. The van der Waals surface area contributed by atoms with Crippen molar-refractivity contribution in [2.75, 3.05) is 32.3 Å². The van der Waals surface area contributed by atoms with Gasteiger partial charge in [-0.15, -0.1) is 13.2 Å². The molecule has 0 unspecified atom stereocenters. The zero-order valence-corrected chi connectivity index (χ0v) is 18.7. The van der Waals surface area contributed by atoms with E-state index in [1.807, 2.05) is 4.90 Å². The van der Waals surface area contributed by atoms with E-state index in [1.54, 1.807) is 12.1 Å². The van der Waals surface area contributed by atoms with Gasteiger partial charge in [-0.1, -0.05) is 23.2 Å². The topological polar surface area (TPSA) is 48.0 Å². The first kappa shape index (κ1) is 25.9.